The molecule has 0 saturated carbocycles. The van der Waals surface area contributed by atoms with Gasteiger partial charge in [-0.2, -0.15) is 0 Å². The lowest BCUT2D eigenvalue weighted by Gasteiger charge is -2.17. The number of imidazole rings is 1. The van der Waals surface area contributed by atoms with Gasteiger partial charge in [0.15, 0.2) is 5.82 Å². The van der Waals surface area contributed by atoms with Gasteiger partial charge in [0.2, 0.25) is 0 Å². The molecule has 1 unspecified atom stereocenters. The van der Waals surface area contributed by atoms with Crippen molar-refractivity contribution in [2.75, 3.05) is 6.61 Å². The Labute approximate surface area is 97.0 Å². The normalized spacial score (nSPS) is 20.4. The summed E-state index contributed by atoms with van der Waals surface area (Å²) in [5, 5.41) is 0.759. The van der Waals surface area contributed by atoms with Gasteiger partial charge >= 0.3 is 5.30 Å². The van der Waals surface area contributed by atoms with E-state index in [1.165, 1.54) is 0 Å². The number of hydrogen-bond donors (Lipinski definition) is 1. The average Bonchev–Trinajstić information content (AvgIpc) is 2.77. The topological polar surface area (TPSA) is 56.5 Å². The Morgan fingerprint density at radius 3 is 3.06 bits per heavy atom. The Kier molecular flexibility index (Phi) is 3.28. The van der Waals surface area contributed by atoms with E-state index in [0.717, 1.165) is 23.7 Å². The largest absolute Gasteiger partial charge is 0.458 e. The number of hydrogen-bond acceptors (Lipinski definition) is 4. The van der Waals surface area contributed by atoms with Crippen LogP contribution in [-0.2, 0) is 4.74 Å². The summed E-state index contributed by atoms with van der Waals surface area (Å²) in [5.41, 5.74) is 0. The highest BCUT2D eigenvalue weighted by Gasteiger charge is 2.29. The van der Waals surface area contributed by atoms with Gasteiger partial charge < -0.3 is 4.74 Å². The van der Waals surface area contributed by atoms with E-state index in [-0.39, 0.29) is 5.30 Å². The third kappa shape index (κ3) is 1.84. The number of carbonyl (C=O) groups excluding carboxylic acids is 1. The van der Waals surface area contributed by atoms with Crippen LogP contribution in [0.25, 0.3) is 0 Å². The molecule has 1 aliphatic heterocycles. The van der Waals surface area contributed by atoms with Gasteiger partial charge in [-0.15, -0.1) is 0 Å². The van der Waals surface area contributed by atoms with Crippen molar-refractivity contribution in [1.29, 1.82) is 0 Å². The zero-order chi connectivity index (χ0) is 11.5. The Bertz CT molecular complexity index is 427. The maximum Gasteiger partial charge on any atom is 0.369 e. The van der Waals surface area contributed by atoms with Crippen LogP contribution in [0.15, 0.2) is 17.5 Å². The number of rotatable bonds is 3. The Morgan fingerprint density at radius 2 is 2.38 bits per heavy atom. The molecule has 0 aromatic carbocycles. The molecule has 0 spiro atoms. The molecule has 88 valence electrons. The first-order chi connectivity index (χ1) is 7.77. The molecular weight excluding hydrogens is 226 g/mol. The number of nitrogens with zero attached hydrogens (tertiary/aromatic N) is 3. The third-order valence-electron chi connectivity index (χ3n) is 2.22. The summed E-state index contributed by atoms with van der Waals surface area (Å²) in [6.07, 6.45) is 5.16. The van der Waals surface area contributed by atoms with E-state index in [4.69, 9.17) is 4.74 Å². The van der Waals surface area contributed by atoms with Crippen molar-refractivity contribution in [3.63, 3.8) is 0 Å². The van der Waals surface area contributed by atoms with Gasteiger partial charge in [-0.1, -0.05) is 13.3 Å². The van der Waals surface area contributed by atoms with Crippen LogP contribution in [0, 0.1) is 0 Å². The summed E-state index contributed by atoms with van der Waals surface area (Å²) < 4.78 is 6.92. The Morgan fingerprint density at radius 1 is 1.56 bits per heavy atom. The second-order valence-electron chi connectivity index (χ2n) is 3.39. The molecule has 0 bridgehead atoms. The maximum absolute atomic E-state index is 11.9. The van der Waals surface area contributed by atoms with Crippen molar-refractivity contribution >= 4 is 27.2 Å². The van der Waals surface area contributed by atoms with Crippen LogP contribution in [0.1, 0.15) is 26.7 Å². The van der Waals surface area contributed by atoms with Crippen molar-refractivity contribution in [2.24, 2.45) is 4.99 Å². The van der Waals surface area contributed by atoms with E-state index < -0.39 is 11.1 Å². The highest BCUT2D eigenvalue weighted by molar-refractivity contribution is 8.40. The zero-order valence-corrected chi connectivity index (χ0v) is 10.3. The smallest absolute Gasteiger partial charge is 0.369 e. The molecule has 0 amide bonds. The van der Waals surface area contributed by atoms with Gasteiger partial charge in [0, 0.05) is 0 Å². The fourth-order valence-electron chi connectivity index (χ4n) is 1.58. The van der Waals surface area contributed by atoms with Crippen LogP contribution in [0.4, 0.5) is 10.6 Å². The lowest BCUT2D eigenvalue weighted by molar-refractivity contribution is 0.181. The quantitative estimate of drug-likeness (QED) is 0.653. The van der Waals surface area contributed by atoms with Crippen LogP contribution in [-0.4, -0.2) is 25.9 Å². The molecule has 0 N–H and O–H groups in total. The van der Waals surface area contributed by atoms with Crippen LogP contribution >= 0.6 is 11.1 Å². The summed E-state index contributed by atoms with van der Waals surface area (Å²) in [7, 11) is 0. The van der Waals surface area contributed by atoms with Crippen LogP contribution in [0.2, 0.25) is 0 Å². The number of aromatic nitrogens is 2. The molecular formula is C10H15N3O2S. The third-order valence-corrected chi connectivity index (χ3v) is 4.25. The first-order valence-electron chi connectivity index (χ1n) is 5.35. The molecule has 0 radical (unpaired) electrons. The summed E-state index contributed by atoms with van der Waals surface area (Å²) in [5.74, 6) is 0.766. The monoisotopic (exact) mass is 241 g/mol. The van der Waals surface area contributed by atoms with Crippen molar-refractivity contribution in [2.45, 2.75) is 26.7 Å². The Balaban J connectivity index is 2.27. The van der Waals surface area contributed by atoms with Gasteiger partial charge in [0.1, 0.15) is 6.33 Å². The van der Waals surface area contributed by atoms with E-state index in [1.54, 1.807) is 12.5 Å². The number of aliphatic imine (C=N–C) groups is 1. The fraction of sp³-hybridized carbons (Fsp3) is 0.500. The summed E-state index contributed by atoms with van der Waals surface area (Å²) in [6.45, 7) is 4.29. The van der Waals surface area contributed by atoms with E-state index in [1.807, 2.05) is 10.9 Å². The maximum atomic E-state index is 11.9. The highest BCUT2D eigenvalue weighted by Crippen LogP contribution is 2.43. The lowest BCUT2D eigenvalue weighted by Crippen LogP contribution is -2.12. The minimum absolute atomic E-state index is 0.179. The summed E-state index contributed by atoms with van der Waals surface area (Å²) in [4.78, 5) is 20.3. The Hall–Kier alpha value is -1.30. The van der Waals surface area contributed by atoms with Crippen molar-refractivity contribution < 1.29 is 9.53 Å². The first-order valence-corrected chi connectivity index (χ1v) is 6.64. The SMILES string of the molecule is CCCC1=Nc2cncn2[SH]1C(=O)OCC. The minimum Gasteiger partial charge on any atom is -0.458 e. The molecule has 2 rings (SSSR count). The molecule has 0 aliphatic carbocycles. The second-order valence-corrected chi connectivity index (χ2v) is 5.32. The van der Waals surface area contributed by atoms with E-state index >= 15 is 0 Å². The van der Waals surface area contributed by atoms with E-state index in [9.17, 15) is 4.79 Å². The minimum atomic E-state index is -1.12. The van der Waals surface area contributed by atoms with Gasteiger partial charge in [0.25, 0.3) is 0 Å². The van der Waals surface area contributed by atoms with E-state index in [0.29, 0.717) is 6.61 Å². The van der Waals surface area contributed by atoms with Crippen molar-refractivity contribution in [3.05, 3.63) is 12.5 Å². The fourth-order valence-corrected chi connectivity index (χ4v) is 3.57. The molecule has 1 atom stereocenters. The molecule has 6 heteroatoms. The number of carbonyl (C=O) groups is 1. The highest BCUT2D eigenvalue weighted by atomic mass is 32.2. The zero-order valence-electron chi connectivity index (χ0n) is 9.38. The van der Waals surface area contributed by atoms with Gasteiger partial charge in [-0.25, -0.2) is 14.8 Å². The lowest BCUT2D eigenvalue weighted by atomic mass is 10.4. The van der Waals surface area contributed by atoms with Gasteiger partial charge in [-0.05, 0) is 24.4 Å². The molecule has 16 heavy (non-hydrogen) atoms. The predicted molar refractivity (Wildman–Crippen MR) is 65.6 cm³/mol. The van der Waals surface area contributed by atoms with Crippen molar-refractivity contribution in [3.8, 4) is 0 Å². The molecule has 2 heterocycles. The summed E-state index contributed by atoms with van der Waals surface area (Å²) in [6, 6.07) is 0. The van der Waals surface area contributed by atoms with Crippen LogP contribution in [0.5, 0.6) is 0 Å². The number of thiol groups is 1. The van der Waals surface area contributed by atoms with Gasteiger partial charge in [-0.3, -0.25) is 3.97 Å². The molecule has 1 aliphatic rings. The standard InChI is InChI=1S/C10H15N3O2S/c1-3-5-9-12-8-6-11-7-13(8)16(9)10(14)15-4-2/h6-7,16H,3-5H2,1-2H3. The average molecular weight is 241 g/mol. The van der Waals surface area contributed by atoms with Crippen molar-refractivity contribution in [1.82, 2.24) is 8.96 Å². The molecule has 1 aromatic rings. The molecule has 0 fully saturated rings. The number of fused-ring (bicyclic) bond motifs is 1. The first kappa shape index (κ1) is 11.2. The van der Waals surface area contributed by atoms with Crippen LogP contribution in [0.3, 0.4) is 0 Å². The molecule has 5 nitrogen and oxygen atoms in total. The molecule has 1 aromatic heterocycles. The van der Waals surface area contributed by atoms with E-state index in [2.05, 4.69) is 16.9 Å². The van der Waals surface area contributed by atoms with Gasteiger partial charge in [0.05, 0.1) is 17.8 Å². The second kappa shape index (κ2) is 4.69. The predicted octanol–water partition coefficient (Wildman–Crippen LogP) is 2.65. The van der Waals surface area contributed by atoms with Crippen LogP contribution < -0.4 is 0 Å². The molecule has 0 saturated heterocycles. The summed E-state index contributed by atoms with van der Waals surface area (Å²) >= 11 is -1.12. The number of ether oxygens (including phenoxy) is 1.